The summed E-state index contributed by atoms with van der Waals surface area (Å²) in [6, 6.07) is 16.2. The Morgan fingerprint density at radius 1 is 1.00 bits per heavy atom. The number of hydrogen-bond acceptors (Lipinski definition) is 5. The van der Waals surface area contributed by atoms with E-state index in [1.807, 2.05) is 75.4 Å². The summed E-state index contributed by atoms with van der Waals surface area (Å²) in [5.74, 6) is -0.270. The summed E-state index contributed by atoms with van der Waals surface area (Å²) in [6.45, 7) is 7.65. The second-order valence-electron chi connectivity index (χ2n) is 7.79. The van der Waals surface area contributed by atoms with Gasteiger partial charge in [-0.1, -0.05) is 36.4 Å². The molecule has 0 fully saturated rings. The van der Waals surface area contributed by atoms with Crippen LogP contribution >= 0.6 is 0 Å². The molecule has 0 radical (unpaired) electrons. The Morgan fingerprint density at radius 3 is 2.33 bits per heavy atom. The third-order valence-corrected chi connectivity index (χ3v) is 4.31. The number of nitrogens with zero attached hydrogens (tertiary/aromatic N) is 3. The lowest BCUT2D eigenvalue weighted by molar-refractivity contribution is -0.136. The van der Waals surface area contributed by atoms with Crippen LogP contribution in [0, 0.1) is 0 Å². The quantitative estimate of drug-likeness (QED) is 0.629. The maximum Gasteiger partial charge on any atom is 0.316 e. The van der Waals surface area contributed by atoms with Crippen molar-refractivity contribution in [2.24, 2.45) is 0 Å². The Labute approximate surface area is 175 Å². The second kappa shape index (κ2) is 8.77. The average molecular weight is 407 g/mol. The van der Waals surface area contributed by atoms with Crippen molar-refractivity contribution in [3.63, 3.8) is 0 Å². The molecule has 1 heterocycles. The van der Waals surface area contributed by atoms with E-state index in [2.05, 4.69) is 20.7 Å². The van der Waals surface area contributed by atoms with E-state index in [-0.39, 0.29) is 11.5 Å². The Bertz CT molecular complexity index is 1020. The van der Waals surface area contributed by atoms with Gasteiger partial charge in [-0.05, 0) is 45.9 Å². The number of nitrogens with one attached hydrogen (secondary N) is 2. The van der Waals surface area contributed by atoms with Crippen LogP contribution < -0.4 is 15.4 Å². The van der Waals surface area contributed by atoms with Crippen molar-refractivity contribution in [3.8, 4) is 11.5 Å². The summed E-state index contributed by atoms with van der Waals surface area (Å²) >= 11 is 0. The predicted molar refractivity (Wildman–Crippen MR) is 113 cm³/mol. The molecule has 1 aromatic heterocycles. The number of carbonyl (C=O) groups is 2. The van der Waals surface area contributed by atoms with Gasteiger partial charge in [0.1, 0.15) is 17.8 Å². The molecule has 1 atom stereocenters. The zero-order valence-corrected chi connectivity index (χ0v) is 17.4. The van der Waals surface area contributed by atoms with Gasteiger partial charge in [0, 0.05) is 5.56 Å². The molecule has 1 unspecified atom stereocenters. The lowest BCUT2D eigenvalue weighted by Gasteiger charge is -2.18. The summed E-state index contributed by atoms with van der Waals surface area (Å²) in [4.78, 5) is 28.7. The lowest BCUT2D eigenvalue weighted by Crippen LogP contribution is -2.37. The highest BCUT2D eigenvalue weighted by molar-refractivity contribution is 6.39. The van der Waals surface area contributed by atoms with Gasteiger partial charge in [0.25, 0.3) is 0 Å². The van der Waals surface area contributed by atoms with E-state index in [1.54, 1.807) is 11.6 Å². The zero-order chi connectivity index (χ0) is 21.7. The second-order valence-corrected chi connectivity index (χ2v) is 7.79. The molecular weight excluding hydrogens is 382 g/mol. The van der Waals surface area contributed by atoms with Crippen LogP contribution in [-0.4, -0.2) is 26.6 Å². The largest absolute Gasteiger partial charge is 0.457 e. The Balaban J connectivity index is 1.65. The van der Waals surface area contributed by atoms with Crippen LogP contribution in [0.15, 0.2) is 60.9 Å². The number of carbonyl (C=O) groups excluding carboxylic acids is 2. The summed E-state index contributed by atoms with van der Waals surface area (Å²) in [5.41, 5.74) is 0.465. The molecule has 2 aromatic carbocycles. The minimum absolute atomic E-state index is 0.0746. The van der Waals surface area contributed by atoms with Gasteiger partial charge in [-0.15, -0.1) is 5.10 Å². The van der Waals surface area contributed by atoms with E-state index in [9.17, 15) is 9.59 Å². The van der Waals surface area contributed by atoms with Crippen LogP contribution in [0.3, 0.4) is 0 Å². The number of anilines is 1. The fraction of sp³-hybridized carbons (Fsp3) is 0.273. The molecule has 8 nitrogen and oxygen atoms in total. The molecule has 0 spiro atoms. The number of benzene rings is 2. The number of amides is 2. The molecule has 0 saturated carbocycles. The first-order valence-electron chi connectivity index (χ1n) is 9.60. The molecule has 0 aliphatic heterocycles. The lowest BCUT2D eigenvalue weighted by atomic mass is 10.1. The third-order valence-electron chi connectivity index (χ3n) is 4.31. The van der Waals surface area contributed by atoms with Crippen LogP contribution in [0.5, 0.6) is 11.5 Å². The smallest absolute Gasteiger partial charge is 0.316 e. The number of hydrogen-bond donors (Lipinski definition) is 2. The molecule has 2 amide bonds. The van der Waals surface area contributed by atoms with Crippen LogP contribution in [0.2, 0.25) is 0 Å². The molecule has 30 heavy (non-hydrogen) atoms. The van der Waals surface area contributed by atoms with E-state index < -0.39 is 17.9 Å². The highest BCUT2D eigenvalue weighted by Gasteiger charge is 2.22. The van der Waals surface area contributed by atoms with E-state index in [1.165, 1.54) is 6.33 Å². The monoisotopic (exact) mass is 407 g/mol. The van der Waals surface area contributed by atoms with Crippen molar-refractivity contribution in [1.82, 2.24) is 20.1 Å². The van der Waals surface area contributed by atoms with Gasteiger partial charge in [0.2, 0.25) is 5.95 Å². The molecular formula is C22H25N5O3. The Morgan fingerprint density at radius 2 is 1.67 bits per heavy atom. The molecule has 0 bridgehead atoms. The minimum Gasteiger partial charge on any atom is -0.457 e. The van der Waals surface area contributed by atoms with Gasteiger partial charge in [-0.3, -0.25) is 14.9 Å². The van der Waals surface area contributed by atoms with E-state index in [0.29, 0.717) is 11.5 Å². The van der Waals surface area contributed by atoms with Crippen LogP contribution in [0.4, 0.5) is 5.95 Å². The van der Waals surface area contributed by atoms with E-state index in [4.69, 9.17) is 4.74 Å². The topological polar surface area (TPSA) is 98.1 Å². The first-order valence-corrected chi connectivity index (χ1v) is 9.60. The van der Waals surface area contributed by atoms with Gasteiger partial charge >= 0.3 is 11.8 Å². The standard InChI is InChI=1S/C22H25N5O3/c1-15(17-12-8-9-13-18(17)30-16-10-6-5-7-11-16)24-19(28)20(29)25-21-23-14-27(26-21)22(2,3)4/h5-15H,1-4H3,(H,24,28)(H,25,26,29). The van der Waals surface area contributed by atoms with Crippen LogP contribution in [-0.2, 0) is 15.1 Å². The Hall–Kier alpha value is -3.68. The number of aromatic nitrogens is 3. The molecule has 2 N–H and O–H groups in total. The van der Waals surface area contributed by atoms with Crippen molar-refractivity contribution in [2.45, 2.75) is 39.3 Å². The van der Waals surface area contributed by atoms with Crippen molar-refractivity contribution in [1.29, 1.82) is 0 Å². The molecule has 8 heteroatoms. The van der Waals surface area contributed by atoms with E-state index in [0.717, 1.165) is 5.56 Å². The fourth-order valence-corrected chi connectivity index (χ4v) is 2.69. The molecule has 3 aromatic rings. The fourth-order valence-electron chi connectivity index (χ4n) is 2.69. The predicted octanol–water partition coefficient (Wildman–Crippen LogP) is 3.64. The maximum absolute atomic E-state index is 12.4. The van der Waals surface area contributed by atoms with Crippen molar-refractivity contribution in [3.05, 3.63) is 66.5 Å². The maximum atomic E-state index is 12.4. The first-order chi connectivity index (χ1) is 14.2. The molecule has 156 valence electrons. The number of para-hydroxylation sites is 2. The van der Waals surface area contributed by atoms with Gasteiger partial charge in [-0.2, -0.15) is 0 Å². The summed E-state index contributed by atoms with van der Waals surface area (Å²) < 4.78 is 7.54. The minimum atomic E-state index is -0.838. The third kappa shape index (κ3) is 5.22. The normalized spacial score (nSPS) is 12.1. The highest BCUT2D eigenvalue weighted by Crippen LogP contribution is 2.29. The van der Waals surface area contributed by atoms with E-state index >= 15 is 0 Å². The van der Waals surface area contributed by atoms with Gasteiger partial charge < -0.3 is 10.1 Å². The average Bonchev–Trinajstić information content (AvgIpc) is 3.18. The van der Waals surface area contributed by atoms with Gasteiger partial charge in [-0.25, -0.2) is 9.67 Å². The zero-order valence-electron chi connectivity index (χ0n) is 17.4. The highest BCUT2D eigenvalue weighted by atomic mass is 16.5. The van der Waals surface area contributed by atoms with Crippen molar-refractivity contribution >= 4 is 17.8 Å². The molecule has 0 aliphatic rings. The van der Waals surface area contributed by atoms with Gasteiger partial charge in [0.15, 0.2) is 0 Å². The molecule has 0 saturated heterocycles. The van der Waals surface area contributed by atoms with Crippen LogP contribution in [0.25, 0.3) is 0 Å². The summed E-state index contributed by atoms with van der Waals surface area (Å²) in [7, 11) is 0. The first kappa shape index (κ1) is 21.0. The van der Waals surface area contributed by atoms with Crippen molar-refractivity contribution < 1.29 is 14.3 Å². The SMILES string of the molecule is CC(NC(=O)C(=O)Nc1ncn(C(C)(C)C)n1)c1ccccc1Oc1ccccc1. The van der Waals surface area contributed by atoms with Crippen LogP contribution in [0.1, 0.15) is 39.3 Å². The number of rotatable bonds is 5. The molecule has 0 aliphatic carbocycles. The Kier molecular flexibility index (Phi) is 6.15. The summed E-state index contributed by atoms with van der Waals surface area (Å²) in [6.07, 6.45) is 1.51. The van der Waals surface area contributed by atoms with Gasteiger partial charge in [0.05, 0.1) is 11.6 Å². The summed E-state index contributed by atoms with van der Waals surface area (Å²) in [5, 5.41) is 9.28. The number of ether oxygens (including phenoxy) is 1. The molecule has 3 rings (SSSR count). The van der Waals surface area contributed by atoms with Crippen molar-refractivity contribution in [2.75, 3.05) is 5.32 Å².